The third-order valence-corrected chi connectivity index (χ3v) is 2.60. The molecular formula is C13H25NO3. The summed E-state index contributed by atoms with van der Waals surface area (Å²) >= 11 is 0. The van der Waals surface area contributed by atoms with Gasteiger partial charge in [-0.3, -0.25) is 0 Å². The number of likely N-dealkylation sites (tertiary alicyclic amines) is 1. The number of rotatable bonds is 3. The summed E-state index contributed by atoms with van der Waals surface area (Å²) in [6.45, 7) is 12.0. The molecule has 1 atom stereocenters. The monoisotopic (exact) mass is 243 g/mol. The van der Waals surface area contributed by atoms with Crippen LogP contribution in [0, 0.1) is 5.92 Å². The first-order valence-corrected chi connectivity index (χ1v) is 6.37. The quantitative estimate of drug-likeness (QED) is 0.765. The molecule has 0 aliphatic carbocycles. The smallest absolute Gasteiger partial charge is 0.410 e. The van der Waals surface area contributed by atoms with Crippen molar-refractivity contribution in [1.29, 1.82) is 0 Å². The zero-order valence-corrected chi connectivity index (χ0v) is 11.7. The fourth-order valence-corrected chi connectivity index (χ4v) is 1.79. The number of amides is 1. The molecule has 17 heavy (non-hydrogen) atoms. The molecule has 4 nitrogen and oxygen atoms in total. The van der Waals surface area contributed by atoms with Gasteiger partial charge in [-0.2, -0.15) is 0 Å². The normalized spacial score (nSPS) is 21.1. The number of ether oxygens (including phenoxy) is 2. The van der Waals surface area contributed by atoms with E-state index in [1.807, 2.05) is 34.6 Å². The van der Waals surface area contributed by atoms with Crippen molar-refractivity contribution in [3.63, 3.8) is 0 Å². The third kappa shape index (κ3) is 5.39. The van der Waals surface area contributed by atoms with Crippen molar-refractivity contribution >= 4 is 6.09 Å². The van der Waals surface area contributed by atoms with Crippen LogP contribution in [0.15, 0.2) is 0 Å². The Labute approximate surface area is 104 Å². The van der Waals surface area contributed by atoms with Crippen LogP contribution in [0.5, 0.6) is 0 Å². The lowest BCUT2D eigenvalue weighted by atomic mass is 10.1. The molecule has 1 saturated heterocycles. The fraction of sp³-hybridized carbons (Fsp3) is 0.923. The average molecular weight is 243 g/mol. The summed E-state index contributed by atoms with van der Waals surface area (Å²) in [7, 11) is 0. The highest BCUT2D eigenvalue weighted by Crippen LogP contribution is 2.20. The first-order valence-electron chi connectivity index (χ1n) is 6.37. The average Bonchev–Trinajstić information content (AvgIpc) is 2.60. The number of carbonyl (C=O) groups excluding carboxylic acids is 1. The highest BCUT2D eigenvalue weighted by molar-refractivity contribution is 5.68. The van der Waals surface area contributed by atoms with Crippen molar-refractivity contribution in [2.75, 3.05) is 19.7 Å². The van der Waals surface area contributed by atoms with Gasteiger partial charge in [-0.15, -0.1) is 0 Å². The summed E-state index contributed by atoms with van der Waals surface area (Å²) < 4.78 is 10.9. The number of hydrogen-bond donors (Lipinski definition) is 0. The van der Waals surface area contributed by atoms with Crippen LogP contribution in [0.25, 0.3) is 0 Å². The van der Waals surface area contributed by atoms with Crippen molar-refractivity contribution < 1.29 is 14.3 Å². The van der Waals surface area contributed by atoms with Crippen molar-refractivity contribution in [2.45, 2.75) is 52.7 Å². The van der Waals surface area contributed by atoms with Crippen molar-refractivity contribution in [1.82, 2.24) is 4.90 Å². The summed E-state index contributed by atoms with van der Waals surface area (Å²) in [6, 6.07) is 0. The lowest BCUT2D eigenvalue weighted by Crippen LogP contribution is -2.35. The molecule has 4 heteroatoms. The summed E-state index contributed by atoms with van der Waals surface area (Å²) in [5, 5.41) is 0. The molecule has 1 aliphatic heterocycles. The molecule has 0 aromatic rings. The minimum absolute atomic E-state index is 0.204. The number of carbonyl (C=O) groups is 1. The Morgan fingerprint density at radius 1 is 1.41 bits per heavy atom. The Hall–Kier alpha value is -0.770. The molecule has 1 amide bonds. The van der Waals surface area contributed by atoms with Gasteiger partial charge in [-0.05, 0) is 41.0 Å². The third-order valence-electron chi connectivity index (χ3n) is 2.60. The molecule has 0 bridgehead atoms. The molecule has 100 valence electrons. The van der Waals surface area contributed by atoms with E-state index >= 15 is 0 Å². The molecule has 0 spiro atoms. The van der Waals surface area contributed by atoms with Gasteiger partial charge in [0.25, 0.3) is 0 Å². The molecular weight excluding hydrogens is 218 g/mol. The molecule has 0 saturated carbocycles. The summed E-state index contributed by atoms with van der Waals surface area (Å²) in [5.74, 6) is 0.449. The van der Waals surface area contributed by atoms with E-state index in [4.69, 9.17) is 9.47 Å². The summed E-state index contributed by atoms with van der Waals surface area (Å²) in [4.78, 5) is 13.6. The molecule has 0 aromatic carbocycles. The summed E-state index contributed by atoms with van der Waals surface area (Å²) in [5.41, 5.74) is -0.413. The standard InChI is InChI=1S/C13H25NO3/c1-10(2)16-9-11-6-7-14(8-11)12(15)17-13(3,4)5/h10-11H,6-9H2,1-5H3/t11-/m1/s1. The second-order valence-corrected chi connectivity index (χ2v) is 5.96. The Kier molecular flexibility index (Phi) is 4.80. The Bertz CT molecular complexity index is 258. The lowest BCUT2D eigenvalue weighted by molar-refractivity contribution is 0.0253. The second-order valence-electron chi connectivity index (χ2n) is 5.96. The van der Waals surface area contributed by atoms with Gasteiger partial charge in [-0.25, -0.2) is 4.79 Å². The fourth-order valence-electron chi connectivity index (χ4n) is 1.79. The number of hydrogen-bond acceptors (Lipinski definition) is 3. The Balaban J connectivity index is 2.32. The molecule has 0 radical (unpaired) electrons. The minimum Gasteiger partial charge on any atom is -0.444 e. The van der Waals surface area contributed by atoms with Gasteiger partial charge < -0.3 is 14.4 Å². The van der Waals surface area contributed by atoms with E-state index < -0.39 is 5.60 Å². The van der Waals surface area contributed by atoms with E-state index in [9.17, 15) is 4.79 Å². The minimum atomic E-state index is -0.413. The topological polar surface area (TPSA) is 38.8 Å². The van der Waals surface area contributed by atoms with Gasteiger partial charge in [-0.1, -0.05) is 0 Å². The van der Waals surface area contributed by atoms with Gasteiger partial charge in [0.15, 0.2) is 0 Å². The van der Waals surface area contributed by atoms with Crippen LogP contribution >= 0.6 is 0 Å². The maximum Gasteiger partial charge on any atom is 0.410 e. The second kappa shape index (κ2) is 5.71. The molecule has 1 heterocycles. The first kappa shape index (κ1) is 14.3. The van der Waals surface area contributed by atoms with Crippen molar-refractivity contribution in [3.8, 4) is 0 Å². The van der Waals surface area contributed by atoms with Gasteiger partial charge in [0.2, 0.25) is 0 Å². The van der Waals surface area contributed by atoms with Crippen LogP contribution in [0.3, 0.4) is 0 Å². The number of nitrogens with zero attached hydrogens (tertiary/aromatic N) is 1. The maximum absolute atomic E-state index is 11.8. The molecule has 0 unspecified atom stereocenters. The zero-order chi connectivity index (χ0) is 13.1. The predicted molar refractivity (Wildman–Crippen MR) is 67.0 cm³/mol. The van der Waals surface area contributed by atoms with Crippen molar-refractivity contribution in [2.24, 2.45) is 5.92 Å². The van der Waals surface area contributed by atoms with Gasteiger partial charge in [0.05, 0.1) is 12.7 Å². The van der Waals surface area contributed by atoms with Crippen LogP contribution in [0.1, 0.15) is 41.0 Å². The van der Waals surface area contributed by atoms with Crippen molar-refractivity contribution in [3.05, 3.63) is 0 Å². The van der Waals surface area contributed by atoms with E-state index in [1.54, 1.807) is 4.90 Å². The highest BCUT2D eigenvalue weighted by Gasteiger charge is 2.29. The van der Waals surface area contributed by atoms with E-state index in [-0.39, 0.29) is 12.2 Å². The Morgan fingerprint density at radius 3 is 2.59 bits per heavy atom. The first-order chi connectivity index (χ1) is 7.78. The molecule has 1 rings (SSSR count). The van der Waals surface area contributed by atoms with E-state index in [1.165, 1.54) is 0 Å². The lowest BCUT2D eigenvalue weighted by Gasteiger charge is -2.24. The van der Waals surface area contributed by atoms with Crippen LogP contribution in [-0.4, -0.2) is 42.4 Å². The Morgan fingerprint density at radius 2 is 2.06 bits per heavy atom. The molecule has 0 aromatic heterocycles. The zero-order valence-electron chi connectivity index (χ0n) is 11.7. The van der Waals surface area contributed by atoms with E-state index in [0.717, 1.165) is 26.1 Å². The van der Waals surface area contributed by atoms with E-state index in [0.29, 0.717) is 5.92 Å². The van der Waals surface area contributed by atoms with Gasteiger partial charge in [0, 0.05) is 19.0 Å². The molecule has 1 fully saturated rings. The predicted octanol–water partition coefficient (Wildman–Crippen LogP) is 2.67. The molecule has 0 N–H and O–H groups in total. The van der Waals surface area contributed by atoms with Crippen LogP contribution in [0.2, 0.25) is 0 Å². The summed E-state index contributed by atoms with van der Waals surface area (Å²) in [6.07, 6.45) is 1.06. The van der Waals surface area contributed by atoms with Crippen LogP contribution in [0.4, 0.5) is 4.79 Å². The van der Waals surface area contributed by atoms with Crippen LogP contribution in [-0.2, 0) is 9.47 Å². The van der Waals surface area contributed by atoms with Gasteiger partial charge in [0.1, 0.15) is 5.60 Å². The SMILES string of the molecule is CC(C)OC[C@@H]1CCN(C(=O)OC(C)(C)C)C1. The van der Waals surface area contributed by atoms with Crippen LogP contribution < -0.4 is 0 Å². The maximum atomic E-state index is 11.8. The highest BCUT2D eigenvalue weighted by atomic mass is 16.6. The van der Waals surface area contributed by atoms with Gasteiger partial charge >= 0.3 is 6.09 Å². The molecule has 1 aliphatic rings. The largest absolute Gasteiger partial charge is 0.444 e. The van der Waals surface area contributed by atoms with E-state index in [2.05, 4.69) is 0 Å².